The molecule has 0 aliphatic rings. The van der Waals surface area contributed by atoms with Gasteiger partial charge in [-0.05, 0) is 0 Å². The summed E-state index contributed by atoms with van der Waals surface area (Å²) in [4.78, 5) is 33.1. The summed E-state index contributed by atoms with van der Waals surface area (Å²) in [5, 5.41) is 8.91. The second-order valence-corrected chi connectivity index (χ2v) is 1.67. The van der Waals surface area contributed by atoms with Gasteiger partial charge in [0.1, 0.15) is 0 Å². The summed E-state index contributed by atoms with van der Waals surface area (Å²) in [6.07, 6.45) is 1.05. The van der Waals surface area contributed by atoms with Crippen LogP contribution in [0.5, 0.6) is 0 Å². The molecule has 58 valence electrons. The van der Waals surface area contributed by atoms with Crippen LogP contribution in [0.2, 0.25) is 0 Å². The second-order valence-electron chi connectivity index (χ2n) is 1.67. The van der Waals surface area contributed by atoms with E-state index in [2.05, 4.69) is 0 Å². The Morgan fingerprint density at radius 2 is 2.18 bits per heavy atom. The fourth-order valence-electron chi connectivity index (χ4n) is 0.571. The summed E-state index contributed by atoms with van der Waals surface area (Å²) in [5.74, 6) is 0. The normalized spacial score (nSPS) is 9.45. The van der Waals surface area contributed by atoms with Crippen LogP contribution in [0.1, 0.15) is 0 Å². The molecule has 0 bridgehead atoms. The molecule has 1 rings (SSSR count). The number of hydrogen-bond donors (Lipinski definition) is 1. The summed E-state index contributed by atoms with van der Waals surface area (Å²) in [7, 11) is 0. The maximum atomic E-state index is 10.6. The van der Waals surface area contributed by atoms with Crippen LogP contribution >= 0.6 is 0 Å². The highest BCUT2D eigenvalue weighted by Crippen LogP contribution is 1.66. The Morgan fingerprint density at radius 1 is 1.55 bits per heavy atom. The Labute approximate surface area is 59.0 Å². The molecule has 0 saturated carbocycles. The largest absolute Gasteiger partial charge is 0.389 e. The van der Waals surface area contributed by atoms with Gasteiger partial charge in [0.2, 0.25) is 0 Å². The number of nitro groups is 1. The van der Waals surface area contributed by atoms with E-state index in [1.165, 1.54) is 0 Å². The summed E-state index contributed by atoms with van der Waals surface area (Å²) >= 11 is 0. The van der Waals surface area contributed by atoms with Crippen LogP contribution in [0, 0.1) is 10.1 Å². The Kier molecular flexibility index (Phi) is 1.55. The monoisotopic (exact) mass is 157 g/mol. The molecule has 0 unspecified atom stereocenters. The lowest BCUT2D eigenvalue weighted by atomic mass is 10.7. The molecule has 0 atom stereocenters. The number of aromatic amines is 1. The second kappa shape index (κ2) is 2.37. The summed E-state index contributed by atoms with van der Waals surface area (Å²) in [6.45, 7) is 0. The van der Waals surface area contributed by atoms with Gasteiger partial charge in [-0.15, -0.1) is 0 Å². The van der Waals surface area contributed by atoms with Gasteiger partial charge in [-0.25, -0.2) is 14.9 Å². The lowest BCUT2D eigenvalue weighted by Gasteiger charge is -1.88. The number of nitrogens with zero attached hydrogens (tertiary/aromatic N) is 2. The molecule has 0 fully saturated rings. The van der Waals surface area contributed by atoms with Crippen molar-refractivity contribution in [1.29, 1.82) is 0 Å². The van der Waals surface area contributed by atoms with Crippen LogP contribution in [0.25, 0.3) is 0 Å². The van der Waals surface area contributed by atoms with Crippen molar-refractivity contribution in [2.45, 2.75) is 0 Å². The van der Waals surface area contributed by atoms with E-state index in [0.717, 1.165) is 12.3 Å². The molecule has 0 aliphatic carbocycles. The van der Waals surface area contributed by atoms with Crippen molar-refractivity contribution >= 4 is 0 Å². The first-order chi connectivity index (χ1) is 5.13. The fourth-order valence-corrected chi connectivity index (χ4v) is 0.571. The number of nitrogens with one attached hydrogen (secondary N) is 1. The van der Waals surface area contributed by atoms with Gasteiger partial charge in [-0.3, -0.25) is 4.79 Å². The summed E-state index contributed by atoms with van der Waals surface area (Å²) in [6, 6.07) is 0.893. The van der Waals surface area contributed by atoms with E-state index in [1.807, 2.05) is 4.98 Å². The lowest BCUT2D eigenvalue weighted by Crippen LogP contribution is -2.38. The predicted octanol–water partition coefficient (Wildman–Crippen LogP) is -1.42. The number of H-pyrrole nitrogens is 1. The van der Waals surface area contributed by atoms with Crippen molar-refractivity contribution in [2.75, 3.05) is 0 Å². The first-order valence-electron chi connectivity index (χ1n) is 2.58. The minimum atomic E-state index is -1.08. The number of rotatable bonds is 1. The van der Waals surface area contributed by atoms with Crippen molar-refractivity contribution in [3.05, 3.63) is 43.2 Å². The van der Waals surface area contributed by atoms with Crippen LogP contribution in [-0.2, 0) is 0 Å². The maximum Gasteiger partial charge on any atom is 0.389 e. The third-order valence-corrected chi connectivity index (χ3v) is 0.997. The van der Waals surface area contributed by atoms with Gasteiger partial charge in [0.05, 0.1) is 0 Å². The van der Waals surface area contributed by atoms with Crippen LogP contribution in [0.4, 0.5) is 0 Å². The quantitative estimate of drug-likeness (QED) is 0.399. The smallest absolute Gasteiger partial charge is 0.309 e. The van der Waals surface area contributed by atoms with Crippen LogP contribution in [0.3, 0.4) is 0 Å². The van der Waals surface area contributed by atoms with E-state index >= 15 is 0 Å². The highest BCUT2D eigenvalue weighted by molar-refractivity contribution is 4.79. The van der Waals surface area contributed by atoms with Crippen molar-refractivity contribution in [1.82, 2.24) is 9.66 Å². The van der Waals surface area contributed by atoms with E-state index in [1.54, 1.807) is 0 Å². The van der Waals surface area contributed by atoms with Gasteiger partial charge in [0.15, 0.2) is 5.03 Å². The van der Waals surface area contributed by atoms with Crippen molar-refractivity contribution in [3.63, 3.8) is 0 Å². The molecular weight excluding hydrogens is 154 g/mol. The van der Waals surface area contributed by atoms with E-state index in [9.17, 15) is 19.7 Å². The SMILES string of the molecule is O=c1cc[nH]c(=O)n1[N+](=O)[O-]. The third kappa shape index (κ3) is 1.16. The Bertz CT molecular complexity index is 361. The summed E-state index contributed by atoms with van der Waals surface area (Å²) in [5.41, 5.74) is -2.01. The molecule has 1 aromatic rings. The van der Waals surface area contributed by atoms with Gasteiger partial charge >= 0.3 is 11.2 Å². The molecule has 0 amide bonds. The topological polar surface area (TPSA) is 98.0 Å². The van der Waals surface area contributed by atoms with E-state index in [0.29, 0.717) is 0 Å². The average molecular weight is 157 g/mol. The molecule has 7 nitrogen and oxygen atoms in total. The van der Waals surface area contributed by atoms with Gasteiger partial charge < -0.3 is 4.98 Å². The number of hydrogen-bond acceptors (Lipinski definition) is 4. The van der Waals surface area contributed by atoms with Gasteiger partial charge in [0, 0.05) is 16.9 Å². The Morgan fingerprint density at radius 3 is 2.55 bits per heavy atom. The zero-order valence-corrected chi connectivity index (χ0v) is 5.18. The molecule has 0 saturated heterocycles. The van der Waals surface area contributed by atoms with Gasteiger partial charge in [-0.2, -0.15) is 0 Å². The van der Waals surface area contributed by atoms with Gasteiger partial charge in [-0.1, -0.05) is 0 Å². The Balaban J connectivity index is 3.58. The molecule has 0 radical (unpaired) electrons. The predicted molar refractivity (Wildman–Crippen MR) is 33.7 cm³/mol. The van der Waals surface area contributed by atoms with Crippen molar-refractivity contribution in [2.24, 2.45) is 0 Å². The molecule has 0 aliphatic heterocycles. The highest BCUT2D eigenvalue weighted by Gasteiger charge is 2.08. The molecule has 1 heterocycles. The standard InChI is InChI=1S/C4H3N3O4/c8-3-1-2-5-4(9)6(3)7(10)11/h1-2H,(H,5,9). The first-order valence-corrected chi connectivity index (χ1v) is 2.58. The van der Waals surface area contributed by atoms with E-state index < -0.39 is 16.3 Å². The first kappa shape index (κ1) is 7.19. The van der Waals surface area contributed by atoms with Crippen LogP contribution < -0.4 is 11.2 Å². The van der Waals surface area contributed by atoms with Crippen molar-refractivity contribution in [3.8, 4) is 0 Å². The van der Waals surface area contributed by atoms with Crippen LogP contribution in [-0.4, -0.2) is 14.7 Å². The molecule has 1 aromatic heterocycles. The zero-order valence-electron chi connectivity index (χ0n) is 5.18. The lowest BCUT2D eigenvalue weighted by molar-refractivity contribution is -0.548. The molecule has 0 spiro atoms. The van der Waals surface area contributed by atoms with Crippen LogP contribution in [0.15, 0.2) is 21.9 Å². The summed E-state index contributed by atoms with van der Waals surface area (Å²) < 4.78 is -0.111. The maximum absolute atomic E-state index is 10.6. The molecule has 0 aromatic carbocycles. The minimum Gasteiger partial charge on any atom is -0.309 e. The van der Waals surface area contributed by atoms with Gasteiger partial charge in [0.25, 0.3) is 0 Å². The molecule has 1 N–H and O–H groups in total. The fraction of sp³-hybridized carbons (Fsp3) is 0. The third-order valence-electron chi connectivity index (χ3n) is 0.997. The van der Waals surface area contributed by atoms with E-state index in [-0.39, 0.29) is 4.68 Å². The minimum absolute atomic E-state index is 0.111. The highest BCUT2D eigenvalue weighted by atomic mass is 16.7. The Hall–Kier alpha value is -1.92. The number of aromatic nitrogens is 2. The molecule has 7 heteroatoms. The van der Waals surface area contributed by atoms with E-state index in [4.69, 9.17) is 0 Å². The van der Waals surface area contributed by atoms with Crippen molar-refractivity contribution < 1.29 is 5.03 Å². The zero-order chi connectivity index (χ0) is 8.43. The molecular formula is C4H3N3O4. The average Bonchev–Trinajstić information content (AvgIpc) is 1.85. The molecule has 11 heavy (non-hydrogen) atoms.